The molecule has 8 heteroatoms. The van der Waals surface area contributed by atoms with Gasteiger partial charge in [0, 0.05) is 5.38 Å². The number of rotatable bonds is 3. The van der Waals surface area contributed by atoms with Gasteiger partial charge in [-0.05, 0) is 27.5 Å². The summed E-state index contributed by atoms with van der Waals surface area (Å²) < 4.78 is 27.8. The number of nitrogens with one attached hydrogen (secondary N) is 1. The standard InChI is InChI=1S/C5H4BrF2N3OS/c6-5(7,8)2-9-4(12)3-1-13-11-10-3/h1H,2H2,(H,9,12). The topological polar surface area (TPSA) is 54.9 Å². The monoisotopic (exact) mass is 271 g/mol. The van der Waals surface area contributed by atoms with Crippen molar-refractivity contribution in [3.63, 3.8) is 0 Å². The summed E-state index contributed by atoms with van der Waals surface area (Å²) in [6.45, 7) is -0.774. The van der Waals surface area contributed by atoms with Crippen LogP contribution in [0.15, 0.2) is 5.38 Å². The molecular formula is C5H4BrF2N3OS. The minimum atomic E-state index is -3.09. The molecule has 0 spiro atoms. The summed E-state index contributed by atoms with van der Waals surface area (Å²) >= 11 is 3.07. The van der Waals surface area contributed by atoms with Gasteiger partial charge in [-0.2, -0.15) is 8.78 Å². The van der Waals surface area contributed by atoms with Gasteiger partial charge in [-0.3, -0.25) is 4.79 Å². The van der Waals surface area contributed by atoms with Crippen molar-refractivity contribution in [1.29, 1.82) is 0 Å². The maximum Gasteiger partial charge on any atom is 0.318 e. The van der Waals surface area contributed by atoms with Crippen molar-refractivity contribution in [1.82, 2.24) is 14.9 Å². The Kier molecular flexibility index (Phi) is 3.26. The van der Waals surface area contributed by atoms with E-state index in [9.17, 15) is 13.6 Å². The van der Waals surface area contributed by atoms with Gasteiger partial charge in [-0.15, -0.1) is 5.10 Å². The van der Waals surface area contributed by atoms with Gasteiger partial charge < -0.3 is 5.32 Å². The van der Waals surface area contributed by atoms with E-state index in [0.717, 1.165) is 11.5 Å². The van der Waals surface area contributed by atoms with Crippen LogP contribution in [0.2, 0.25) is 0 Å². The molecule has 1 aromatic heterocycles. The highest BCUT2D eigenvalue weighted by molar-refractivity contribution is 9.10. The molecule has 4 nitrogen and oxygen atoms in total. The van der Waals surface area contributed by atoms with E-state index < -0.39 is 17.3 Å². The number of carbonyl (C=O) groups is 1. The number of nitrogens with zero attached hydrogens (tertiary/aromatic N) is 2. The molecule has 1 rings (SSSR count). The Morgan fingerprint density at radius 1 is 1.77 bits per heavy atom. The zero-order chi connectivity index (χ0) is 9.90. The molecule has 0 aliphatic carbocycles. The van der Waals surface area contributed by atoms with E-state index in [1.54, 1.807) is 0 Å². The summed E-state index contributed by atoms with van der Waals surface area (Å²) in [6, 6.07) is 0. The second kappa shape index (κ2) is 4.05. The van der Waals surface area contributed by atoms with Crippen molar-refractivity contribution in [2.24, 2.45) is 0 Å². The third-order valence-corrected chi connectivity index (χ3v) is 1.83. The predicted octanol–water partition coefficient (Wildman–Crippen LogP) is 1.26. The zero-order valence-electron chi connectivity index (χ0n) is 6.13. The Morgan fingerprint density at radius 3 is 2.92 bits per heavy atom. The molecule has 0 atom stereocenters. The number of hydrogen-bond acceptors (Lipinski definition) is 4. The van der Waals surface area contributed by atoms with Crippen LogP contribution in [-0.2, 0) is 0 Å². The number of carbonyl (C=O) groups excluding carboxylic acids is 1. The summed E-state index contributed by atoms with van der Waals surface area (Å²) in [5.41, 5.74) is 0.0433. The first-order chi connectivity index (χ1) is 5.99. The number of aromatic nitrogens is 2. The fourth-order valence-corrected chi connectivity index (χ4v) is 1.11. The SMILES string of the molecule is O=C(NCC(F)(F)Br)c1csnn1. The van der Waals surface area contributed by atoms with Gasteiger partial charge in [-0.1, -0.05) is 4.49 Å². The van der Waals surface area contributed by atoms with E-state index in [4.69, 9.17) is 0 Å². The minimum absolute atomic E-state index is 0.0433. The molecule has 13 heavy (non-hydrogen) atoms. The quantitative estimate of drug-likeness (QED) is 0.843. The van der Waals surface area contributed by atoms with Gasteiger partial charge in [0.2, 0.25) is 0 Å². The van der Waals surface area contributed by atoms with Crippen LogP contribution >= 0.6 is 27.5 Å². The van der Waals surface area contributed by atoms with Crippen LogP contribution < -0.4 is 5.32 Å². The molecule has 1 aromatic rings. The lowest BCUT2D eigenvalue weighted by Crippen LogP contribution is -2.32. The molecule has 0 fully saturated rings. The summed E-state index contributed by atoms with van der Waals surface area (Å²) in [6.07, 6.45) is 0. The molecule has 1 amide bonds. The molecule has 0 aliphatic heterocycles. The molecule has 0 saturated carbocycles. The maximum absolute atomic E-state index is 12.2. The van der Waals surface area contributed by atoms with Gasteiger partial charge >= 0.3 is 4.83 Å². The van der Waals surface area contributed by atoms with Crippen LogP contribution in [-0.4, -0.2) is 26.9 Å². The van der Waals surface area contributed by atoms with Crippen molar-refractivity contribution in [3.8, 4) is 0 Å². The summed E-state index contributed by atoms with van der Waals surface area (Å²) in [5, 5.41) is 6.78. The highest BCUT2D eigenvalue weighted by Crippen LogP contribution is 2.19. The summed E-state index contributed by atoms with van der Waals surface area (Å²) in [5.74, 6) is -0.659. The highest BCUT2D eigenvalue weighted by atomic mass is 79.9. The molecule has 0 radical (unpaired) electrons. The normalized spacial score (nSPS) is 11.3. The maximum atomic E-state index is 12.2. The molecular weight excluding hydrogens is 268 g/mol. The predicted molar refractivity (Wildman–Crippen MR) is 46.1 cm³/mol. The lowest BCUT2D eigenvalue weighted by molar-refractivity contribution is 0.0831. The van der Waals surface area contributed by atoms with Crippen LogP contribution in [0.4, 0.5) is 8.78 Å². The van der Waals surface area contributed by atoms with Crippen molar-refractivity contribution >= 4 is 33.4 Å². The Hall–Kier alpha value is -0.630. The van der Waals surface area contributed by atoms with Crippen LogP contribution in [0, 0.1) is 0 Å². The molecule has 0 aromatic carbocycles. The first-order valence-corrected chi connectivity index (χ1v) is 4.74. The smallest absolute Gasteiger partial charge is 0.318 e. The molecule has 1 N–H and O–H groups in total. The zero-order valence-corrected chi connectivity index (χ0v) is 8.53. The third-order valence-electron chi connectivity index (χ3n) is 1.04. The average Bonchev–Trinajstić information content (AvgIpc) is 2.50. The van der Waals surface area contributed by atoms with Gasteiger partial charge in [0.15, 0.2) is 5.69 Å². The summed E-state index contributed by atoms with van der Waals surface area (Å²) in [7, 11) is 0. The number of hydrogen-bond donors (Lipinski definition) is 1. The fourth-order valence-electron chi connectivity index (χ4n) is 0.535. The van der Waals surface area contributed by atoms with Gasteiger partial charge in [0.25, 0.3) is 5.91 Å². The van der Waals surface area contributed by atoms with E-state index in [2.05, 4.69) is 25.5 Å². The Bertz CT molecular complexity index is 286. The number of amides is 1. The number of alkyl halides is 3. The Balaban J connectivity index is 2.44. The van der Waals surface area contributed by atoms with E-state index in [-0.39, 0.29) is 5.69 Å². The van der Waals surface area contributed by atoms with Crippen LogP contribution in [0.5, 0.6) is 0 Å². The highest BCUT2D eigenvalue weighted by Gasteiger charge is 2.25. The fraction of sp³-hybridized carbons (Fsp3) is 0.400. The molecule has 0 unspecified atom stereocenters. The Labute approximate surface area is 84.6 Å². The third kappa shape index (κ3) is 3.73. The molecule has 72 valence electrons. The lowest BCUT2D eigenvalue weighted by atomic mass is 10.4. The molecule has 1 heterocycles. The summed E-state index contributed by atoms with van der Waals surface area (Å²) in [4.78, 5) is 7.90. The molecule has 0 bridgehead atoms. The van der Waals surface area contributed by atoms with E-state index in [1.165, 1.54) is 5.38 Å². The van der Waals surface area contributed by atoms with Crippen molar-refractivity contribution in [2.45, 2.75) is 4.83 Å². The second-order valence-corrected chi connectivity index (χ2v) is 3.86. The minimum Gasteiger partial charge on any atom is -0.344 e. The second-order valence-electron chi connectivity index (χ2n) is 2.09. The van der Waals surface area contributed by atoms with Crippen LogP contribution in [0.1, 0.15) is 10.5 Å². The van der Waals surface area contributed by atoms with E-state index in [1.807, 2.05) is 5.32 Å². The van der Waals surface area contributed by atoms with Crippen molar-refractivity contribution in [2.75, 3.05) is 6.54 Å². The first kappa shape index (κ1) is 10.5. The number of halogens is 3. The largest absolute Gasteiger partial charge is 0.344 e. The van der Waals surface area contributed by atoms with E-state index in [0.29, 0.717) is 0 Å². The van der Waals surface area contributed by atoms with E-state index >= 15 is 0 Å². The lowest BCUT2D eigenvalue weighted by Gasteiger charge is -2.07. The van der Waals surface area contributed by atoms with Crippen molar-refractivity contribution < 1.29 is 13.6 Å². The van der Waals surface area contributed by atoms with Crippen LogP contribution in [0.3, 0.4) is 0 Å². The molecule has 0 saturated heterocycles. The van der Waals surface area contributed by atoms with Crippen molar-refractivity contribution in [3.05, 3.63) is 11.1 Å². The Morgan fingerprint density at radius 2 is 2.46 bits per heavy atom. The first-order valence-electron chi connectivity index (χ1n) is 3.11. The van der Waals surface area contributed by atoms with Gasteiger partial charge in [-0.25, -0.2) is 0 Å². The molecule has 0 aliphatic rings. The van der Waals surface area contributed by atoms with Crippen LogP contribution in [0.25, 0.3) is 0 Å². The average molecular weight is 272 g/mol. The van der Waals surface area contributed by atoms with Gasteiger partial charge in [0.1, 0.15) is 0 Å². The van der Waals surface area contributed by atoms with Gasteiger partial charge in [0.05, 0.1) is 6.54 Å².